The minimum Gasteiger partial charge on any atom is -0.246 e. The molecule has 0 atom stereocenters. The quantitative estimate of drug-likeness (QED) is 0.452. The summed E-state index contributed by atoms with van der Waals surface area (Å²) in [7, 11) is 0. The second kappa shape index (κ2) is 1.69. The molecular formula is C2H6NO2+. The van der Waals surface area contributed by atoms with Gasteiger partial charge in [0.15, 0.2) is 0 Å². The van der Waals surface area contributed by atoms with Crippen LogP contribution in [0.5, 0.6) is 0 Å². The summed E-state index contributed by atoms with van der Waals surface area (Å²) in [6, 6.07) is 0. The van der Waals surface area contributed by atoms with Gasteiger partial charge in [0, 0.05) is 6.92 Å². The summed E-state index contributed by atoms with van der Waals surface area (Å²) in [5, 5.41) is 7.64. The molecule has 0 bridgehead atoms. The van der Waals surface area contributed by atoms with Crippen LogP contribution < -0.4 is 0 Å². The van der Waals surface area contributed by atoms with Crippen LogP contribution in [0.2, 0.25) is 0 Å². The number of rotatable bonds is 1. The molecule has 0 rings (SSSR count). The molecule has 0 heterocycles. The Kier molecular flexibility index (Phi) is 1.49. The van der Waals surface area contributed by atoms with Crippen molar-refractivity contribution in [3.8, 4) is 0 Å². The third kappa shape index (κ3) is 3.40. The smallest absolute Gasteiger partial charge is 0.245 e. The van der Waals surface area contributed by atoms with Gasteiger partial charge >= 0.3 is 0 Å². The molecule has 0 unspecified atom stereocenters. The van der Waals surface area contributed by atoms with E-state index in [0.717, 1.165) is 0 Å². The van der Waals surface area contributed by atoms with Crippen molar-refractivity contribution in [1.29, 1.82) is 0 Å². The van der Waals surface area contributed by atoms with Crippen molar-refractivity contribution in [3.63, 3.8) is 0 Å². The van der Waals surface area contributed by atoms with E-state index in [1.54, 1.807) is 6.92 Å². The highest BCUT2D eigenvalue weighted by Crippen LogP contribution is 1.53. The highest BCUT2D eigenvalue weighted by atomic mass is 16.6. The molecule has 0 spiro atoms. The predicted molar refractivity (Wildman–Crippen MR) is 16.0 cm³/mol. The van der Waals surface area contributed by atoms with Gasteiger partial charge in [-0.15, -0.1) is 0 Å². The van der Waals surface area contributed by atoms with Crippen LogP contribution in [0.15, 0.2) is 0 Å². The summed E-state index contributed by atoms with van der Waals surface area (Å²) in [4.78, 5) is 9.16. The Morgan fingerprint density at radius 3 is 2.20 bits per heavy atom. The third-order valence-corrected chi connectivity index (χ3v) is 0.271. The largest absolute Gasteiger partial charge is 0.246 e. The van der Waals surface area contributed by atoms with Crippen molar-refractivity contribution < 1.29 is 10.1 Å². The minimum atomic E-state index is -0.125. The van der Waals surface area contributed by atoms with Gasteiger partial charge in [-0.25, -0.2) is 5.21 Å². The maximum absolute atomic E-state index is 9.28. The van der Waals surface area contributed by atoms with Gasteiger partial charge in [0.25, 0.3) is 0 Å². The monoisotopic (exact) mass is 76.0 g/mol. The molecule has 0 aliphatic heterocycles. The summed E-state index contributed by atoms with van der Waals surface area (Å²) in [5.41, 5.74) is 0. The van der Waals surface area contributed by atoms with Crippen molar-refractivity contribution in [2.24, 2.45) is 0 Å². The van der Waals surface area contributed by atoms with Crippen LogP contribution in [-0.4, -0.2) is 16.7 Å². The molecule has 0 saturated heterocycles. The molecule has 0 saturated carbocycles. The van der Waals surface area contributed by atoms with E-state index in [4.69, 9.17) is 5.21 Å². The maximum Gasteiger partial charge on any atom is 0.245 e. The second-order valence-electron chi connectivity index (χ2n) is 0.668. The molecule has 1 N–H and O–H groups in total. The van der Waals surface area contributed by atoms with Crippen molar-refractivity contribution in [2.45, 2.75) is 6.92 Å². The van der Waals surface area contributed by atoms with Crippen molar-refractivity contribution >= 4 is 0 Å². The molecule has 0 amide bonds. The standard InChI is InChI=1S/C2H6NO2/c1-2-3(4)5/h2H2,1H3,(H,4,5)/q+1. The van der Waals surface area contributed by atoms with E-state index >= 15 is 0 Å². The van der Waals surface area contributed by atoms with Crippen LogP contribution >= 0.6 is 0 Å². The Morgan fingerprint density at radius 2 is 2.20 bits per heavy atom. The first-order valence-electron chi connectivity index (χ1n) is 1.41. The first-order chi connectivity index (χ1) is 2.27. The predicted octanol–water partition coefficient (Wildman–Crippen LogP) is 0.174. The fourth-order valence-electron chi connectivity index (χ4n) is 0. The van der Waals surface area contributed by atoms with Crippen LogP contribution in [0.4, 0.5) is 0 Å². The molecule has 0 aromatic rings. The Bertz CT molecular complexity index is 42.9. The lowest BCUT2D eigenvalue weighted by molar-refractivity contribution is -0.788. The molecule has 3 nitrogen and oxygen atoms in total. The Labute approximate surface area is 29.8 Å². The van der Waals surface area contributed by atoms with E-state index < -0.39 is 0 Å². The van der Waals surface area contributed by atoms with Gasteiger partial charge in [-0.2, -0.15) is 0 Å². The zero-order valence-corrected chi connectivity index (χ0v) is 3.01. The lowest BCUT2D eigenvalue weighted by Crippen LogP contribution is -1.96. The van der Waals surface area contributed by atoms with E-state index in [1.807, 2.05) is 0 Å². The van der Waals surface area contributed by atoms with E-state index in [2.05, 4.69) is 0 Å². The highest BCUT2D eigenvalue weighted by Gasteiger charge is 1.88. The first-order valence-corrected chi connectivity index (χ1v) is 1.41. The average Bonchev–Trinajstić information content (AvgIpc) is 1.38. The van der Waals surface area contributed by atoms with Gasteiger partial charge in [0.2, 0.25) is 11.5 Å². The molecule has 0 aliphatic carbocycles. The van der Waals surface area contributed by atoms with Crippen LogP contribution in [0.25, 0.3) is 0 Å². The normalized spacial score (nSPS) is 7.40. The zero-order chi connectivity index (χ0) is 4.28. The number of nitrogens with zero attached hydrogens (tertiary/aromatic N) is 1. The molecule has 0 radical (unpaired) electrons. The topological polar surface area (TPSA) is 40.3 Å². The van der Waals surface area contributed by atoms with E-state index in [9.17, 15) is 4.91 Å². The molecule has 30 valence electrons. The summed E-state index contributed by atoms with van der Waals surface area (Å²) in [6.07, 6.45) is 0. The summed E-state index contributed by atoms with van der Waals surface area (Å²) in [6.45, 7) is 1.70. The summed E-state index contributed by atoms with van der Waals surface area (Å²) in [5.74, 6) is 0. The van der Waals surface area contributed by atoms with Gasteiger partial charge in [0.1, 0.15) is 0 Å². The van der Waals surface area contributed by atoms with E-state index in [1.165, 1.54) is 0 Å². The Morgan fingerprint density at radius 1 is 2.00 bits per heavy atom. The van der Waals surface area contributed by atoms with E-state index in [0.29, 0.717) is 0 Å². The zero-order valence-electron chi connectivity index (χ0n) is 3.01. The van der Waals surface area contributed by atoms with Crippen molar-refractivity contribution in [1.82, 2.24) is 0 Å². The SMILES string of the molecule is CC[N+](=O)O. The second-order valence-corrected chi connectivity index (χ2v) is 0.668. The van der Waals surface area contributed by atoms with Crippen molar-refractivity contribution in [3.05, 3.63) is 4.91 Å². The lowest BCUT2D eigenvalue weighted by atomic mass is 10.8. The first kappa shape index (κ1) is 4.40. The maximum atomic E-state index is 9.28. The average molecular weight is 76.1 g/mol. The third-order valence-electron chi connectivity index (χ3n) is 0.271. The number of hydrogen-bond donors (Lipinski definition) is 1. The van der Waals surface area contributed by atoms with Crippen LogP contribution in [0.3, 0.4) is 0 Å². The Hall–Kier alpha value is -0.600. The molecule has 0 aromatic carbocycles. The summed E-state index contributed by atoms with van der Waals surface area (Å²) < 4.78 is 0. The van der Waals surface area contributed by atoms with Crippen molar-refractivity contribution in [2.75, 3.05) is 6.54 Å². The van der Waals surface area contributed by atoms with Gasteiger partial charge < -0.3 is 0 Å². The molecular weight excluding hydrogens is 70.0 g/mol. The van der Waals surface area contributed by atoms with Crippen LogP contribution in [0.1, 0.15) is 6.92 Å². The lowest BCUT2D eigenvalue weighted by Gasteiger charge is -1.62. The van der Waals surface area contributed by atoms with E-state index in [-0.39, 0.29) is 11.5 Å². The molecule has 5 heavy (non-hydrogen) atoms. The van der Waals surface area contributed by atoms with Crippen LogP contribution in [-0.2, 0) is 0 Å². The molecule has 0 fully saturated rings. The van der Waals surface area contributed by atoms with Gasteiger partial charge in [-0.3, -0.25) is 0 Å². The van der Waals surface area contributed by atoms with Gasteiger partial charge in [0.05, 0.1) is 4.91 Å². The van der Waals surface area contributed by atoms with Crippen LogP contribution in [0, 0.1) is 4.91 Å². The highest BCUT2D eigenvalue weighted by molar-refractivity contribution is 3.90. The Balaban J connectivity index is 2.85. The minimum absolute atomic E-state index is 0.125. The molecule has 3 heteroatoms. The van der Waals surface area contributed by atoms with Gasteiger partial charge in [-0.05, 0) is 0 Å². The molecule has 0 aromatic heterocycles. The number of hydrogen-bond acceptors (Lipinski definition) is 1. The fourth-order valence-corrected chi connectivity index (χ4v) is 0. The van der Waals surface area contributed by atoms with Gasteiger partial charge in [-0.1, -0.05) is 0 Å². The fraction of sp³-hybridized carbons (Fsp3) is 1.00. The molecule has 0 aliphatic rings. The summed E-state index contributed by atoms with van der Waals surface area (Å²) >= 11 is 0.